The van der Waals surface area contributed by atoms with Gasteiger partial charge < -0.3 is 15.0 Å². The molecular formula is C18H21N2O2-. The lowest BCUT2D eigenvalue weighted by molar-refractivity contribution is -0.132. The molecule has 4 nitrogen and oxygen atoms in total. The first-order valence-corrected chi connectivity index (χ1v) is 7.69. The van der Waals surface area contributed by atoms with Gasteiger partial charge in [-0.15, -0.1) is 13.1 Å². The van der Waals surface area contributed by atoms with Crippen LogP contribution in [-0.2, 0) is 4.79 Å². The summed E-state index contributed by atoms with van der Waals surface area (Å²) in [7, 11) is 1.67. The highest BCUT2D eigenvalue weighted by molar-refractivity contribution is 5.88. The van der Waals surface area contributed by atoms with Gasteiger partial charge in [-0.25, -0.2) is 0 Å². The molecule has 2 aromatic rings. The molecule has 1 atom stereocenters. The molecule has 1 aliphatic heterocycles. The molecule has 1 unspecified atom stereocenters. The highest BCUT2D eigenvalue weighted by Crippen LogP contribution is 2.26. The highest BCUT2D eigenvalue weighted by atomic mass is 16.5. The first-order valence-electron chi connectivity index (χ1n) is 7.69. The Morgan fingerprint density at radius 2 is 1.82 bits per heavy atom. The largest absolute Gasteiger partial charge is 0.659 e. The van der Waals surface area contributed by atoms with E-state index in [9.17, 15) is 4.79 Å². The van der Waals surface area contributed by atoms with Crippen LogP contribution in [0.15, 0.2) is 36.4 Å². The van der Waals surface area contributed by atoms with E-state index in [-0.39, 0.29) is 11.8 Å². The first kappa shape index (κ1) is 14.9. The minimum absolute atomic E-state index is 0.121. The second-order valence-corrected chi connectivity index (χ2v) is 5.69. The number of methoxy groups -OCH3 is 1. The van der Waals surface area contributed by atoms with Crippen LogP contribution < -0.4 is 4.74 Å². The Balaban J connectivity index is 1.84. The summed E-state index contributed by atoms with van der Waals surface area (Å²) >= 11 is 0. The van der Waals surface area contributed by atoms with Gasteiger partial charge in [0, 0.05) is 13.1 Å². The van der Waals surface area contributed by atoms with E-state index in [1.54, 1.807) is 7.11 Å². The third-order valence-corrected chi connectivity index (χ3v) is 4.31. The van der Waals surface area contributed by atoms with Gasteiger partial charge in [-0.05, 0) is 35.4 Å². The van der Waals surface area contributed by atoms with Gasteiger partial charge in [0.2, 0.25) is 5.91 Å². The van der Waals surface area contributed by atoms with Gasteiger partial charge in [-0.3, -0.25) is 4.79 Å². The number of fused-ring (bicyclic) bond motifs is 1. The number of nitrogens with zero attached hydrogens (tertiary/aromatic N) is 2. The van der Waals surface area contributed by atoms with Crippen molar-refractivity contribution >= 4 is 16.7 Å². The molecule has 4 heteroatoms. The van der Waals surface area contributed by atoms with Crippen LogP contribution in [0.25, 0.3) is 16.1 Å². The summed E-state index contributed by atoms with van der Waals surface area (Å²) in [4.78, 5) is 14.5. The monoisotopic (exact) mass is 297 g/mol. The normalized spacial score (nSPS) is 16.5. The Bertz CT molecular complexity index is 678. The van der Waals surface area contributed by atoms with E-state index in [4.69, 9.17) is 4.74 Å². The maximum Gasteiger partial charge on any atom is 0.229 e. The predicted octanol–water partition coefficient (Wildman–Crippen LogP) is 3.17. The van der Waals surface area contributed by atoms with E-state index in [2.05, 4.69) is 17.4 Å². The number of amides is 1. The molecule has 1 heterocycles. The van der Waals surface area contributed by atoms with Gasteiger partial charge in [-0.1, -0.05) is 24.3 Å². The molecule has 0 bridgehead atoms. The zero-order valence-corrected chi connectivity index (χ0v) is 13.1. The number of hydrogen-bond acceptors (Lipinski definition) is 2. The topological polar surface area (TPSA) is 43.6 Å². The van der Waals surface area contributed by atoms with Crippen LogP contribution in [0.3, 0.4) is 0 Å². The highest BCUT2D eigenvalue weighted by Gasteiger charge is 2.21. The lowest BCUT2D eigenvalue weighted by atomic mass is 9.96. The first-order chi connectivity index (χ1) is 10.7. The maximum atomic E-state index is 12.6. The van der Waals surface area contributed by atoms with Crippen molar-refractivity contribution in [1.29, 1.82) is 0 Å². The molecule has 3 rings (SSSR count). The number of piperazine rings is 1. The van der Waals surface area contributed by atoms with Crippen molar-refractivity contribution in [3.05, 3.63) is 47.3 Å². The standard InChI is InChI=1S/C18H21N2O2/c1-13(18(21)20-9-7-19-8-10-20)14-3-4-16-12-17(22-2)6-5-15(16)11-14/h3-6,11-13H,7-10H2,1-2H3/q-1. The van der Waals surface area contributed by atoms with Crippen molar-refractivity contribution in [3.8, 4) is 5.75 Å². The molecule has 0 N–H and O–H groups in total. The summed E-state index contributed by atoms with van der Waals surface area (Å²) in [5.74, 6) is 0.925. The molecule has 0 saturated carbocycles. The summed E-state index contributed by atoms with van der Waals surface area (Å²) in [6.45, 7) is 4.99. The van der Waals surface area contributed by atoms with Gasteiger partial charge in [0.05, 0.1) is 13.0 Å². The van der Waals surface area contributed by atoms with Gasteiger partial charge in [0.25, 0.3) is 0 Å². The van der Waals surface area contributed by atoms with E-state index in [0.29, 0.717) is 0 Å². The predicted molar refractivity (Wildman–Crippen MR) is 88.6 cm³/mol. The minimum Gasteiger partial charge on any atom is -0.659 e. The zero-order valence-electron chi connectivity index (χ0n) is 13.1. The van der Waals surface area contributed by atoms with Crippen molar-refractivity contribution in [2.24, 2.45) is 0 Å². The van der Waals surface area contributed by atoms with E-state index in [1.807, 2.05) is 36.1 Å². The van der Waals surface area contributed by atoms with E-state index >= 15 is 0 Å². The Morgan fingerprint density at radius 1 is 1.14 bits per heavy atom. The van der Waals surface area contributed by atoms with Crippen molar-refractivity contribution in [2.75, 3.05) is 33.3 Å². The van der Waals surface area contributed by atoms with Crippen LogP contribution >= 0.6 is 0 Å². The van der Waals surface area contributed by atoms with E-state index < -0.39 is 0 Å². The van der Waals surface area contributed by atoms with E-state index in [0.717, 1.165) is 48.3 Å². The average molecular weight is 297 g/mol. The Morgan fingerprint density at radius 3 is 2.55 bits per heavy atom. The summed E-state index contributed by atoms with van der Waals surface area (Å²) in [6, 6.07) is 12.2. The van der Waals surface area contributed by atoms with Crippen LogP contribution in [0.1, 0.15) is 18.4 Å². The lowest BCUT2D eigenvalue weighted by Gasteiger charge is -2.36. The summed E-state index contributed by atoms with van der Waals surface area (Å²) in [6.07, 6.45) is 0. The number of carbonyl (C=O) groups excluding carboxylic acids is 1. The number of carbonyl (C=O) groups is 1. The summed E-state index contributed by atoms with van der Waals surface area (Å²) in [5.41, 5.74) is 1.06. The molecule has 2 aromatic carbocycles. The number of rotatable bonds is 3. The van der Waals surface area contributed by atoms with Crippen LogP contribution in [-0.4, -0.2) is 44.1 Å². The molecule has 22 heavy (non-hydrogen) atoms. The van der Waals surface area contributed by atoms with Gasteiger partial charge in [0.15, 0.2) is 0 Å². The van der Waals surface area contributed by atoms with E-state index in [1.165, 1.54) is 0 Å². The van der Waals surface area contributed by atoms with Crippen molar-refractivity contribution < 1.29 is 9.53 Å². The van der Waals surface area contributed by atoms with Gasteiger partial charge in [0.1, 0.15) is 5.75 Å². The van der Waals surface area contributed by atoms with Crippen molar-refractivity contribution in [3.63, 3.8) is 0 Å². The lowest BCUT2D eigenvalue weighted by Crippen LogP contribution is -2.41. The Kier molecular flexibility index (Phi) is 4.29. The molecule has 1 saturated heterocycles. The Labute approximate surface area is 131 Å². The molecule has 0 aliphatic carbocycles. The summed E-state index contributed by atoms with van der Waals surface area (Å²) in [5, 5.41) is 6.55. The molecular weight excluding hydrogens is 276 g/mol. The Hall–Kier alpha value is -2.07. The fourth-order valence-corrected chi connectivity index (χ4v) is 2.88. The smallest absolute Gasteiger partial charge is 0.229 e. The quantitative estimate of drug-likeness (QED) is 0.873. The van der Waals surface area contributed by atoms with Crippen molar-refractivity contribution in [2.45, 2.75) is 12.8 Å². The van der Waals surface area contributed by atoms with Crippen LogP contribution in [0.4, 0.5) is 0 Å². The summed E-state index contributed by atoms with van der Waals surface area (Å²) < 4.78 is 5.25. The van der Waals surface area contributed by atoms with Crippen LogP contribution in [0, 0.1) is 0 Å². The maximum absolute atomic E-state index is 12.6. The molecule has 1 amide bonds. The van der Waals surface area contributed by atoms with Crippen LogP contribution in [0.5, 0.6) is 5.75 Å². The molecule has 0 aromatic heterocycles. The molecule has 0 spiro atoms. The second kappa shape index (κ2) is 6.36. The molecule has 1 fully saturated rings. The fourth-order valence-electron chi connectivity index (χ4n) is 2.88. The zero-order chi connectivity index (χ0) is 15.5. The molecule has 0 radical (unpaired) electrons. The number of benzene rings is 2. The number of ether oxygens (including phenoxy) is 1. The third-order valence-electron chi connectivity index (χ3n) is 4.31. The third kappa shape index (κ3) is 2.92. The molecule has 116 valence electrons. The molecule has 1 aliphatic rings. The number of hydrogen-bond donors (Lipinski definition) is 0. The second-order valence-electron chi connectivity index (χ2n) is 5.69. The minimum atomic E-state index is -0.121. The SMILES string of the molecule is COc1ccc2cc(C(C)C(=O)N3CC[N-]CC3)ccc2c1. The van der Waals surface area contributed by atoms with Crippen LogP contribution in [0.2, 0.25) is 0 Å². The van der Waals surface area contributed by atoms with Crippen molar-refractivity contribution in [1.82, 2.24) is 4.90 Å². The average Bonchev–Trinajstić information content (AvgIpc) is 2.60. The van der Waals surface area contributed by atoms with Gasteiger partial charge in [-0.2, -0.15) is 0 Å². The van der Waals surface area contributed by atoms with Gasteiger partial charge >= 0.3 is 0 Å². The fraction of sp³-hybridized carbons (Fsp3) is 0.389.